The second-order valence-electron chi connectivity index (χ2n) is 4.87. The molecule has 1 heterocycles. The highest BCUT2D eigenvalue weighted by Crippen LogP contribution is 2.27. The molecule has 1 aromatic heterocycles. The number of hydrogen-bond acceptors (Lipinski definition) is 4. The number of carbonyl (C=O) groups is 2. The van der Waals surface area contributed by atoms with Gasteiger partial charge in [-0.05, 0) is 30.3 Å². The van der Waals surface area contributed by atoms with Crippen LogP contribution in [0.15, 0.2) is 48.5 Å². The van der Waals surface area contributed by atoms with Crippen LogP contribution in [0.4, 0.5) is 0 Å². The van der Waals surface area contributed by atoms with E-state index in [0.29, 0.717) is 16.3 Å². The van der Waals surface area contributed by atoms with E-state index in [1.165, 1.54) is 16.8 Å². The number of aromatic nitrogens is 3. The summed E-state index contributed by atoms with van der Waals surface area (Å²) < 4.78 is 1.29. The molecule has 8 heteroatoms. The number of hydrogen-bond donors (Lipinski definition) is 2. The van der Waals surface area contributed by atoms with Crippen molar-refractivity contribution in [1.29, 1.82) is 0 Å². The maximum Gasteiger partial charge on any atom is 0.358 e. The number of benzene rings is 2. The average Bonchev–Trinajstić information content (AvgIpc) is 3.01. The van der Waals surface area contributed by atoms with Gasteiger partial charge in [-0.15, -0.1) is 5.10 Å². The van der Waals surface area contributed by atoms with Gasteiger partial charge in [-0.25, -0.2) is 14.3 Å². The Hall–Kier alpha value is -3.19. The molecule has 24 heavy (non-hydrogen) atoms. The molecular weight excluding hydrogens is 334 g/mol. The molecule has 0 fully saturated rings. The summed E-state index contributed by atoms with van der Waals surface area (Å²) in [5.74, 6) is -2.33. The summed E-state index contributed by atoms with van der Waals surface area (Å²) in [4.78, 5) is 22.6. The van der Waals surface area contributed by atoms with Crippen molar-refractivity contribution in [3.8, 4) is 16.9 Å². The molecular formula is C16H10ClN3O4. The number of nitrogens with zero attached hydrogens (tertiary/aromatic N) is 3. The number of carboxylic acid groups (broad SMARTS) is 2. The second kappa shape index (κ2) is 6.13. The highest BCUT2D eigenvalue weighted by atomic mass is 35.5. The summed E-state index contributed by atoms with van der Waals surface area (Å²) in [6.45, 7) is 0. The standard InChI is InChI=1S/C16H10ClN3O4/c17-11-6-4-9(5-7-11)14-13(16(23)24)18-19-20(14)12-3-1-2-10(8-12)15(21)22/h1-8H,(H,21,22)(H,23,24). The molecule has 0 saturated heterocycles. The lowest BCUT2D eigenvalue weighted by Gasteiger charge is -2.08. The summed E-state index contributed by atoms with van der Waals surface area (Å²) in [5.41, 5.74) is 0.990. The molecule has 0 saturated carbocycles. The zero-order valence-corrected chi connectivity index (χ0v) is 12.8. The van der Waals surface area contributed by atoms with Crippen molar-refractivity contribution >= 4 is 23.5 Å². The molecule has 2 N–H and O–H groups in total. The highest BCUT2D eigenvalue weighted by Gasteiger charge is 2.22. The third-order valence-electron chi connectivity index (χ3n) is 3.33. The van der Waals surface area contributed by atoms with Crippen LogP contribution in [0.2, 0.25) is 5.02 Å². The molecule has 3 aromatic rings. The van der Waals surface area contributed by atoms with E-state index in [0.717, 1.165) is 0 Å². The Labute approximate surface area is 140 Å². The number of halogens is 1. The van der Waals surface area contributed by atoms with Gasteiger partial charge >= 0.3 is 11.9 Å². The average molecular weight is 344 g/mol. The molecule has 0 unspecified atom stereocenters. The van der Waals surface area contributed by atoms with Gasteiger partial charge in [-0.1, -0.05) is 35.0 Å². The molecule has 2 aromatic carbocycles. The lowest BCUT2D eigenvalue weighted by atomic mass is 10.1. The van der Waals surface area contributed by atoms with Crippen molar-refractivity contribution in [1.82, 2.24) is 15.0 Å². The SMILES string of the molecule is O=C(O)c1cccc(-n2nnc(C(=O)O)c2-c2ccc(Cl)cc2)c1. The van der Waals surface area contributed by atoms with Crippen molar-refractivity contribution in [3.05, 3.63) is 64.8 Å². The Morgan fingerprint density at radius 3 is 2.33 bits per heavy atom. The molecule has 0 amide bonds. The second-order valence-corrected chi connectivity index (χ2v) is 5.30. The lowest BCUT2D eigenvalue weighted by molar-refractivity contribution is 0.0683. The summed E-state index contributed by atoms with van der Waals surface area (Å²) in [6, 6.07) is 12.5. The maximum absolute atomic E-state index is 11.4. The van der Waals surface area contributed by atoms with Gasteiger partial charge in [0.05, 0.1) is 11.3 Å². The predicted molar refractivity (Wildman–Crippen MR) is 85.7 cm³/mol. The monoisotopic (exact) mass is 343 g/mol. The van der Waals surface area contributed by atoms with Crippen molar-refractivity contribution in [2.45, 2.75) is 0 Å². The smallest absolute Gasteiger partial charge is 0.358 e. The Morgan fingerprint density at radius 1 is 1.00 bits per heavy atom. The van der Waals surface area contributed by atoms with E-state index in [9.17, 15) is 14.7 Å². The van der Waals surface area contributed by atoms with Gasteiger partial charge in [0.15, 0.2) is 5.69 Å². The Kier molecular flexibility index (Phi) is 4.01. The van der Waals surface area contributed by atoms with Crippen LogP contribution < -0.4 is 0 Å². The van der Waals surface area contributed by atoms with E-state index >= 15 is 0 Å². The fourth-order valence-electron chi connectivity index (χ4n) is 2.24. The van der Waals surface area contributed by atoms with Crippen LogP contribution in [-0.4, -0.2) is 37.1 Å². The normalized spacial score (nSPS) is 10.5. The van der Waals surface area contributed by atoms with Crippen molar-refractivity contribution < 1.29 is 19.8 Å². The molecule has 7 nitrogen and oxygen atoms in total. The molecule has 0 aliphatic heterocycles. The molecule has 0 bridgehead atoms. The zero-order chi connectivity index (χ0) is 17.3. The van der Waals surface area contributed by atoms with E-state index in [-0.39, 0.29) is 17.0 Å². The van der Waals surface area contributed by atoms with Gasteiger partial charge in [0.2, 0.25) is 0 Å². The molecule has 0 aliphatic carbocycles. The van der Waals surface area contributed by atoms with E-state index < -0.39 is 11.9 Å². The van der Waals surface area contributed by atoms with Gasteiger partial charge < -0.3 is 10.2 Å². The van der Waals surface area contributed by atoms with Crippen molar-refractivity contribution in [2.75, 3.05) is 0 Å². The minimum Gasteiger partial charge on any atom is -0.478 e. The Morgan fingerprint density at radius 2 is 1.71 bits per heavy atom. The fraction of sp³-hybridized carbons (Fsp3) is 0. The summed E-state index contributed by atoms with van der Waals surface area (Å²) >= 11 is 5.87. The topological polar surface area (TPSA) is 105 Å². The van der Waals surface area contributed by atoms with Crippen LogP contribution in [0.3, 0.4) is 0 Å². The van der Waals surface area contributed by atoms with Gasteiger partial charge in [0, 0.05) is 10.6 Å². The number of carboxylic acids is 2. The van der Waals surface area contributed by atoms with E-state index in [2.05, 4.69) is 10.3 Å². The third-order valence-corrected chi connectivity index (χ3v) is 3.58. The third kappa shape index (κ3) is 2.84. The number of aromatic carboxylic acids is 2. The lowest BCUT2D eigenvalue weighted by Crippen LogP contribution is -2.04. The molecule has 3 rings (SSSR count). The molecule has 0 radical (unpaired) electrons. The van der Waals surface area contributed by atoms with Gasteiger partial charge in [-0.3, -0.25) is 0 Å². The van der Waals surface area contributed by atoms with Crippen LogP contribution in [0.1, 0.15) is 20.8 Å². The first-order chi connectivity index (χ1) is 11.5. The van der Waals surface area contributed by atoms with Crippen molar-refractivity contribution in [2.24, 2.45) is 0 Å². The molecule has 0 atom stereocenters. The summed E-state index contributed by atoms with van der Waals surface area (Å²) in [5, 5.41) is 26.5. The molecule has 0 spiro atoms. The largest absolute Gasteiger partial charge is 0.478 e. The molecule has 120 valence electrons. The van der Waals surface area contributed by atoms with Crippen LogP contribution in [-0.2, 0) is 0 Å². The van der Waals surface area contributed by atoms with E-state index in [1.54, 1.807) is 36.4 Å². The Balaban J connectivity index is 2.22. The van der Waals surface area contributed by atoms with Crippen LogP contribution >= 0.6 is 11.6 Å². The quantitative estimate of drug-likeness (QED) is 0.754. The van der Waals surface area contributed by atoms with Crippen LogP contribution in [0.5, 0.6) is 0 Å². The van der Waals surface area contributed by atoms with Gasteiger partial charge in [0.25, 0.3) is 0 Å². The fourth-order valence-corrected chi connectivity index (χ4v) is 2.37. The summed E-state index contributed by atoms with van der Waals surface area (Å²) in [6.07, 6.45) is 0. The summed E-state index contributed by atoms with van der Waals surface area (Å²) in [7, 11) is 0. The first-order valence-corrected chi connectivity index (χ1v) is 7.14. The number of rotatable bonds is 4. The first-order valence-electron chi connectivity index (χ1n) is 6.76. The van der Waals surface area contributed by atoms with Crippen molar-refractivity contribution in [3.63, 3.8) is 0 Å². The van der Waals surface area contributed by atoms with Gasteiger partial charge in [-0.2, -0.15) is 0 Å². The first kappa shape index (κ1) is 15.7. The maximum atomic E-state index is 11.4. The zero-order valence-electron chi connectivity index (χ0n) is 12.0. The minimum atomic E-state index is -1.24. The van der Waals surface area contributed by atoms with E-state index in [4.69, 9.17) is 16.7 Å². The predicted octanol–water partition coefficient (Wildman–Crippen LogP) is 2.98. The Bertz CT molecular complexity index is 935. The van der Waals surface area contributed by atoms with Gasteiger partial charge in [0.1, 0.15) is 5.69 Å². The van der Waals surface area contributed by atoms with Crippen LogP contribution in [0.25, 0.3) is 16.9 Å². The highest BCUT2D eigenvalue weighted by molar-refractivity contribution is 6.30. The van der Waals surface area contributed by atoms with Crippen LogP contribution in [0, 0.1) is 0 Å². The van der Waals surface area contributed by atoms with E-state index in [1.807, 2.05) is 0 Å². The molecule has 0 aliphatic rings. The minimum absolute atomic E-state index is 0.0573.